The second kappa shape index (κ2) is 11.3. The molecule has 0 radical (unpaired) electrons. The van der Waals surface area contributed by atoms with Gasteiger partial charge < -0.3 is 14.8 Å². The summed E-state index contributed by atoms with van der Waals surface area (Å²) in [6.45, 7) is 10.8. The number of benzene rings is 2. The molecular formula is C30H35ClN2O3S. The topological polar surface area (TPSA) is 59.9 Å². The summed E-state index contributed by atoms with van der Waals surface area (Å²) in [5.74, 6) is 1.50. The Kier molecular flexibility index (Phi) is 8.29. The van der Waals surface area contributed by atoms with Crippen molar-refractivity contribution in [3.05, 3.63) is 69.1 Å². The Bertz CT molecular complexity index is 1290. The Morgan fingerprint density at radius 3 is 2.59 bits per heavy atom. The summed E-state index contributed by atoms with van der Waals surface area (Å²) >= 11 is 8.14. The van der Waals surface area contributed by atoms with E-state index in [0.29, 0.717) is 33.0 Å². The molecule has 7 heteroatoms. The molecule has 37 heavy (non-hydrogen) atoms. The average molecular weight is 539 g/mol. The molecule has 5 nitrogen and oxygen atoms in total. The van der Waals surface area contributed by atoms with E-state index in [2.05, 4.69) is 26.1 Å². The van der Waals surface area contributed by atoms with Gasteiger partial charge in [-0.05, 0) is 79.8 Å². The number of methoxy groups -OCH3 is 1. The van der Waals surface area contributed by atoms with Crippen LogP contribution in [0.4, 0.5) is 10.7 Å². The fourth-order valence-corrected chi connectivity index (χ4v) is 6.18. The van der Waals surface area contributed by atoms with Gasteiger partial charge in [0.05, 0.1) is 23.8 Å². The Labute approximate surface area is 228 Å². The molecular weight excluding hydrogens is 504 g/mol. The maximum absolute atomic E-state index is 13.5. The van der Waals surface area contributed by atoms with Gasteiger partial charge in [0.2, 0.25) is 0 Å². The number of halogens is 1. The summed E-state index contributed by atoms with van der Waals surface area (Å²) < 4.78 is 11.4. The Hall–Kier alpha value is -2.83. The van der Waals surface area contributed by atoms with Gasteiger partial charge in [0.15, 0.2) is 11.5 Å². The van der Waals surface area contributed by atoms with E-state index < -0.39 is 0 Å². The third-order valence-electron chi connectivity index (χ3n) is 6.67. The van der Waals surface area contributed by atoms with Crippen LogP contribution in [0.15, 0.2) is 47.5 Å². The number of thiophene rings is 1. The SMILES string of the molecule is COc1cc(C=Nc2sc3c(c2C(=O)Nc2ccccc2)CC[C@H](C(C)(C)C)C3)cc(Cl)c1OC(C)C. The van der Waals surface area contributed by atoms with Gasteiger partial charge >= 0.3 is 0 Å². The van der Waals surface area contributed by atoms with Crippen LogP contribution >= 0.6 is 22.9 Å². The fraction of sp³-hybridized carbons (Fsp3) is 0.400. The van der Waals surface area contributed by atoms with E-state index in [4.69, 9.17) is 26.1 Å². The summed E-state index contributed by atoms with van der Waals surface area (Å²) in [6, 6.07) is 13.2. The quantitative estimate of drug-likeness (QED) is 0.307. The zero-order valence-corrected chi connectivity index (χ0v) is 23.9. The number of ether oxygens (including phenoxy) is 2. The fourth-order valence-electron chi connectivity index (χ4n) is 4.65. The van der Waals surface area contributed by atoms with E-state index in [1.165, 1.54) is 4.88 Å². The number of hydrogen-bond donors (Lipinski definition) is 1. The zero-order chi connectivity index (χ0) is 26.7. The highest BCUT2D eigenvalue weighted by Gasteiger charge is 2.33. The minimum atomic E-state index is -0.124. The van der Waals surface area contributed by atoms with Crippen molar-refractivity contribution in [2.24, 2.45) is 16.3 Å². The van der Waals surface area contributed by atoms with E-state index in [1.54, 1.807) is 30.7 Å². The Morgan fingerprint density at radius 2 is 1.95 bits per heavy atom. The predicted octanol–water partition coefficient (Wildman–Crippen LogP) is 8.35. The third-order valence-corrected chi connectivity index (χ3v) is 8.11. The maximum atomic E-state index is 13.5. The highest BCUT2D eigenvalue weighted by atomic mass is 35.5. The van der Waals surface area contributed by atoms with Gasteiger partial charge in [0.25, 0.3) is 5.91 Å². The van der Waals surface area contributed by atoms with Crippen molar-refractivity contribution in [3.63, 3.8) is 0 Å². The van der Waals surface area contributed by atoms with Crippen LogP contribution in [-0.2, 0) is 12.8 Å². The number of fused-ring (bicyclic) bond motifs is 1. The molecule has 3 aromatic rings. The minimum absolute atomic E-state index is 0.0361. The molecule has 4 rings (SSSR count). The summed E-state index contributed by atoms with van der Waals surface area (Å²) in [5.41, 5.74) is 3.55. The van der Waals surface area contributed by atoms with Crippen molar-refractivity contribution in [1.82, 2.24) is 0 Å². The second-order valence-corrected chi connectivity index (χ2v) is 12.3. The zero-order valence-electron chi connectivity index (χ0n) is 22.4. The molecule has 1 aliphatic carbocycles. The van der Waals surface area contributed by atoms with Crippen molar-refractivity contribution in [2.75, 3.05) is 12.4 Å². The molecule has 1 atom stereocenters. The van der Waals surface area contributed by atoms with Gasteiger partial charge in [0.1, 0.15) is 5.00 Å². The molecule has 196 valence electrons. The molecule has 1 heterocycles. The molecule has 2 aromatic carbocycles. The normalized spacial score (nSPS) is 15.6. The van der Waals surface area contributed by atoms with Crippen LogP contribution in [-0.4, -0.2) is 25.3 Å². The molecule has 0 saturated heterocycles. The highest BCUT2D eigenvalue weighted by molar-refractivity contribution is 7.16. The van der Waals surface area contributed by atoms with Crippen molar-refractivity contribution in [2.45, 2.75) is 60.0 Å². The molecule has 1 aromatic heterocycles. The van der Waals surface area contributed by atoms with Crippen LogP contribution in [0.5, 0.6) is 11.5 Å². The number of carbonyl (C=O) groups excluding carboxylic acids is 1. The Morgan fingerprint density at radius 1 is 1.22 bits per heavy atom. The summed E-state index contributed by atoms with van der Waals surface area (Å²) in [5, 5.41) is 4.23. The molecule has 0 bridgehead atoms. The summed E-state index contributed by atoms with van der Waals surface area (Å²) in [4.78, 5) is 19.6. The molecule has 0 saturated carbocycles. The number of rotatable bonds is 7. The van der Waals surface area contributed by atoms with Gasteiger partial charge in [0, 0.05) is 16.8 Å². The van der Waals surface area contributed by atoms with E-state index in [-0.39, 0.29) is 17.4 Å². The third kappa shape index (κ3) is 6.36. The lowest BCUT2D eigenvalue weighted by Crippen LogP contribution is -2.27. The molecule has 1 amide bonds. The standard InChI is InChI=1S/C30H35ClN2O3S/c1-18(2)36-27-23(31)14-19(15-24(27)35-6)17-32-29-26(28(34)33-21-10-8-7-9-11-21)22-13-12-20(30(3,4)5)16-25(22)37-29/h7-11,14-15,17-18,20H,12-13,16H2,1-6H3,(H,33,34)/t20-/m0/s1. The van der Waals surface area contributed by atoms with Crippen molar-refractivity contribution < 1.29 is 14.3 Å². The monoisotopic (exact) mass is 538 g/mol. The molecule has 1 N–H and O–H groups in total. The van der Waals surface area contributed by atoms with Gasteiger partial charge in [-0.2, -0.15) is 0 Å². The first kappa shape index (κ1) is 27.2. The largest absolute Gasteiger partial charge is 0.493 e. The Balaban J connectivity index is 1.71. The van der Waals surface area contributed by atoms with Crippen LogP contribution in [0.2, 0.25) is 5.02 Å². The first-order chi connectivity index (χ1) is 17.6. The van der Waals surface area contributed by atoms with Gasteiger partial charge in [-0.25, -0.2) is 4.99 Å². The lowest BCUT2D eigenvalue weighted by molar-refractivity contribution is 0.102. The number of nitrogens with one attached hydrogen (secondary N) is 1. The van der Waals surface area contributed by atoms with Crippen LogP contribution in [0.1, 0.15) is 67.4 Å². The van der Waals surface area contributed by atoms with Crippen molar-refractivity contribution >= 4 is 45.7 Å². The van der Waals surface area contributed by atoms with Crippen molar-refractivity contribution in [3.8, 4) is 11.5 Å². The molecule has 0 fully saturated rings. The van der Waals surface area contributed by atoms with E-state index in [1.807, 2.05) is 50.2 Å². The number of nitrogens with zero attached hydrogens (tertiary/aromatic N) is 1. The van der Waals surface area contributed by atoms with E-state index in [0.717, 1.165) is 36.1 Å². The van der Waals surface area contributed by atoms with Crippen LogP contribution in [0.3, 0.4) is 0 Å². The molecule has 0 unspecified atom stereocenters. The van der Waals surface area contributed by atoms with Crippen LogP contribution in [0.25, 0.3) is 0 Å². The molecule has 0 aliphatic heterocycles. The van der Waals surface area contributed by atoms with Crippen LogP contribution in [0, 0.1) is 11.3 Å². The first-order valence-electron chi connectivity index (χ1n) is 12.7. The number of para-hydroxylation sites is 1. The van der Waals surface area contributed by atoms with E-state index in [9.17, 15) is 4.79 Å². The van der Waals surface area contributed by atoms with Crippen LogP contribution < -0.4 is 14.8 Å². The van der Waals surface area contributed by atoms with Gasteiger partial charge in [-0.3, -0.25) is 4.79 Å². The van der Waals surface area contributed by atoms with Gasteiger partial charge in [-0.15, -0.1) is 11.3 Å². The number of aliphatic imine (C=N–C) groups is 1. The van der Waals surface area contributed by atoms with Gasteiger partial charge in [-0.1, -0.05) is 50.6 Å². The average Bonchev–Trinajstić information content (AvgIpc) is 3.21. The predicted molar refractivity (Wildman–Crippen MR) is 155 cm³/mol. The molecule has 0 spiro atoms. The van der Waals surface area contributed by atoms with Crippen molar-refractivity contribution in [1.29, 1.82) is 0 Å². The second-order valence-electron chi connectivity index (χ2n) is 10.8. The summed E-state index contributed by atoms with van der Waals surface area (Å²) in [7, 11) is 1.59. The number of carbonyl (C=O) groups is 1. The van der Waals surface area contributed by atoms with E-state index >= 15 is 0 Å². The maximum Gasteiger partial charge on any atom is 0.259 e. The first-order valence-corrected chi connectivity index (χ1v) is 13.9. The highest BCUT2D eigenvalue weighted by Crippen LogP contribution is 2.45. The number of amides is 1. The number of anilines is 1. The summed E-state index contributed by atoms with van der Waals surface area (Å²) in [6.07, 6.45) is 4.61. The molecule has 1 aliphatic rings. The minimum Gasteiger partial charge on any atom is -0.493 e. The number of hydrogen-bond acceptors (Lipinski definition) is 5. The lowest BCUT2D eigenvalue weighted by Gasteiger charge is -2.33. The lowest BCUT2D eigenvalue weighted by atomic mass is 9.72. The smallest absolute Gasteiger partial charge is 0.259 e.